The van der Waals surface area contributed by atoms with Crippen molar-refractivity contribution in [3.05, 3.63) is 77.6 Å². The van der Waals surface area contributed by atoms with Gasteiger partial charge in [0.15, 0.2) is 5.75 Å². The van der Waals surface area contributed by atoms with Crippen LogP contribution in [0.15, 0.2) is 60.9 Å². The molecule has 3 N–H and O–H groups in total. The van der Waals surface area contributed by atoms with Gasteiger partial charge in [-0.1, -0.05) is 42.5 Å². The van der Waals surface area contributed by atoms with Crippen LogP contribution < -0.4 is 10.2 Å². The first kappa shape index (κ1) is 20.1. The molecular weight excluding hydrogens is 406 g/mol. The second kappa shape index (κ2) is 8.03. The first-order chi connectivity index (χ1) is 15.6. The zero-order valence-corrected chi connectivity index (χ0v) is 17.4. The fraction of sp³-hybridized carbons (Fsp3) is 0.160. The average Bonchev–Trinajstić information content (AvgIpc) is 3.21. The van der Waals surface area contributed by atoms with Crippen molar-refractivity contribution in [1.82, 2.24) is 15.4 Å². The number of carbonyl (C=O) groups is 1. The first-order valence-corrected chi connectivity index (χ1v) is 10.3. The second-order valence-electron chi connectivity index (χ2n) is 7.83. The molecule has 1 amide bonds. The molecule has 0 aliphatic heterocycles. The lowest BCUT2D eigenvalue weighted by molar-refractivity contribution is 0.0705. The van der Waals surface area contributed by atoms with Gasteiger partial charge in [-0.2, -0.15) is 0 Å². The fourth-order valence-corrected chi connectivity index (χ4v) is 4.36. The Balaban J connectivity index is 1.59. The van der Waals surface area contributed by atoms with Crippen LogP contribution in [0.25, 0.3) is 33.3 Å². The van der Waals surface area contributed by atoms with Crippen LogP contribution in [0.2, 0.25) is 0 Å². The maximum absolute atomic E-state index is 12.4. The Kier molecular flexibility index (Phi) is 5.05. The normalized spacial score (nSPS) is 14.9. The van der Waals surface area contributed by atoms with E-state index in [9.17, 15) is 15.1 Å². The molecule has 2 aromatic carbocycles. The first-order valence-electron chi connectivity index (χ1n) is 10.3. The van der Waals surface area contributed by atoms with Crippen LogP contribution in [-0.2, 0) is 12.8 Å². The number of methoxy groups -OCH3 is 1. The van der Waals surface area contributed by atoms with E-state index in [1.807, 2.05) is 24.3 Å². The molecule has 0 radical (unpaired) electrons. The Morgan fingerprint density at radius 2 is 1.75 bits per heavy atom. The van der Waals surface area contributed by atoms with E-state index in [2.05, 4.69) is 23.2 Å². The number of aliphatic hydroxyl groups is 1. The van der Waals surface area contributed by atoms with Crippen LogP contribution in [0.1, 0.15) is 21.5 Å². The molecule has 0 spiro atoms. The highest BCUT2D eigenvalue weighted by molar-refractivity contribution is 6.09. The van der Waals surface area contributed by atoms with Gasteiger partial charge < -0.3 is 9.84 Å². The van der Waals surface area contributed by atoms with Crippen LogP contribution in [0.3, 0.4) is 0 Å². The Hall–Kier alpha value is -3.81. The highest BCUT2D eigenvalue weighted by Crippen LogP contribution is 2.37. The van der Waals surface area contributed by atoms with Gasteiger partial charge in [0.05, 0.1) is 24.3 Å². The third-order valence-corrected chi connectivity index (χ3v) is 5.88. The minimum atomic E-state index is -0.694. The Bertz CT molecular complexity index is 1340. The van der Waals surface area contributed by atoms with Gasteiger partial charge in [-0.25, -0.2) is 10.5 Å². The van der Waals surface area contributed by atoms with Crippen LogP contribution in [0, 0.1) is 0 Å². The van der Waals surface area contributed by atoms with Gasteiger partial charge in [0.25, 0.3) is 5.91 Å². The number of pyridine rings is 2. The fourth-order valence-electron chi connectivity index (χ4n) is 4.36. The molecule has 1 unspecified atom stereocenters. The smallest absolute Gasteiger partial charge is 0.279 e. The van der Waals surface area contributed by atoms with E-state index < -0.39 is 5.91 Å². The van der Waals surface area contributed by atoms with Crippen molar-refractivity contribution < 1.29 is 19.8 Å². The number of rotatable bonds is 4. The van der Waals surface area contributed by atoms with Crippen LogP contribution in [0.5, 0.6) is 5.75 Å². The SMILES string of the molecule is COc1c(-c2ccc(-c3ccc4c(c3)CC(O)C4)cc2)nc2ccncc2c1C(=O)NO. The van der Waals surface area contributed by atoms with E-state index in [0.717, 1.165) is 16.7 Å². The number of nitrogens with zero attached hydrogens (tertiary/aromatic N) is 2. The zero-order chi connectivity index (χ0) is 22.2. The molecule has 7 nitrogen and oxygen atoms in total. The number of aromatic nitrogens is 2. The molecule has 0 saturated heterocycles. The number of aliphatic hydroxyl groups excluding tert-OH is 1. The van der Waals surface area contributed by atoms with Crippen molar-refractivity contribution in [3.63, 3.8) is 0 Å². The van der Waals surface area contributed by atoms with E-state index in [1.54, 1.807) is 17.7 Å². The number of hydrogen-bond acceptors (Lipinski definition) is 6. The van der Waals surface area contributed by atoms with E-state index >= 15 is 0 Å². The Morgan fingerprint density at radius 1 is 1.03 bits per heavy atom. The molecule has 1 atom stereocenters. The monoisotopic (exact) mass is 427 g/mol. The quantitative estimate of drug-likeness (QED) is 0.340. The summed E-state index contributed by atoms with van der Waals surface area (Å²) >= 11 is 0. The van der Waals surface area contributed by atoms with Crippen LogP contribution in [0.4, 0.5) is 0 Å². The number of nitrogens with one attached hydrogen (secondary N) is 1. The molecule has 2 aromatic heterocycles. The number of fused-ring (bicyclic) bond motifs is 2. The van der Waals surface area contributed by atoms with Crippen molar-refractivity contribution in [3.8, 4) is 28.1 Å². The standard InChI is InChI=1S/C25H21N3O4/c1-32-24-22(25(30)28-31)20-13-26-9-8-21(20)27-23(24)15-4-2-14(3-5-15)16-6-7-17-11-19(29)12-18(17)10-16/h2-10,13,19,29,31H,11-12H2,1H3,(H,28,30). The highest BCUT2D eigenvalue weighted by Gasteiger charge is 2.23. The number of hydroxylamine groups is 1. The highest BCUT2D eigenvalue weighted by atomic mass is 16.5. The van der Waals surface area contributed by atoms with Crippen LogP contribution >= 0.6 is 0 Å². The molecule has 0 bridgehead atoms. The molecule has 7 heteroatoms. The summed E-state index contributed by atoms with van der Waals surface area (Å²) in [5, 5.41) is 19.7. The second-order valence-corrected chi connectivity index (χ2v) is 7.83. The summed E-state index contributed by atoms with van der Waals surface area (Å²) in [6, 6.07) is 15.8. The molecule has 160 valence electrons. The lowest BCUT2D eigenvalue weighted by atomic mass is 9.98. The van der Waals surface area contributed by atoms with Gasteiger partial charge in [-0.15, -0.1) is 0 Å². The summed E-state index contributed by atoms with van der Waals surface area (Å²) in [5.74, 6) is -0.434. The van der Waals surface area contributed by atoms with Gasteiger partial charge in [0.1, 0.15) is 5.69 Å². The molecule has 4 aromatic rings. The summed E-state index contributed by atoms with van der Waals surface area (Å²) < 4.78 is 5.55. The maximum atomic E-state index is 12.4. The van der Waals surface area contributed by atoms with Gasteiger partial charge >= 0.3 is 0 Å². The molecule has 1 aliphatic rings. The molecule has 5 rings (SSSR count). The average molecular weight is 427 g/mol. The van der Waals surface area contributed by atoms with Gasteiger partial charge in [-0.05, 0) is 41.2 Å². The van der Waals surface area contributed by atoms with Crippen molar-refractivity contribution in [1.29, 1.82) is 0 Å². The van der Waals surface area contributed by atoms with Crippen molar-refractivity contribution in [2.45, 2.75) is 18.9 Å². The Labute approximate surface area is 184 Å². The molecule has 2 heterocycles. The van der Waals surface area contributed by atoms with Crippen LogP contribution in [-0.4, -0.2) is 39.4 Å². The van der Waals surface area contributed by atoms with E-state index in [1.165, 1.54) is 24.4 Å². The lowest BCUT2D eigenvalue weighted by Crippen LogP contribution is -2.20. The summed E-state index contributed by atoms with van der Waals surface area (Å²) in [7, 11) is 1.46. The lowest BCUT2D eigenvalue weighted by Gasteiger charge is -2.15. The summed E-state index contributed by atoms with van der Waals surface area (Å²) in [6.45, 7) is 0. The number of ether oxygens (including phenoxy) is 1. The third-order valence-electron chi connectivity index (χ3n) is 5.88. The Morgan fingerprint density at radius 3 is 2.50 bits per heavy atom. The van der Waals surface area contributed by atoms with Crippen molar-refractivity contribution in [2.75, 3.05) is 7.11 Å². The summed E-state index contributed by atoms with van der Waals surface area (Å²) in [6.07, 6.45) is 4.22. The summed E-state index contributed by atoms with van der Waals surface area (Å²) in [5.41, 5.74) is 8.19. The minimum absolute atomic E-state index is 0.171. The topological polar surface area (TPSA) is 105 Å². The number of carbonyl (C=O) groups excluding carboxylic acids is 1. The molecule has 0 saturated carbocycles. The predicted molar refractivity (Wildman–Crippen MR) is 120 cm³/mol. The largest absolute Gasteiger partial charge is 0.494 e. The van der Waals surface area contributed by atoms with E-state index in [4.69, 9.17) is 9.72 Å². The molecule has 0 fully saturated rings. The number of hydrogen-bond donors (Lipinski definition) is 3. The molecule has 1 aliphatic carbocycles. The third kappa shape index (κ3) is 3.37. The van der Waals surface area contributed by atoms with E-state index in [0.29, 0.717) is 29.4 Å². The van der Waals surface area contributed by atoms with Gasteiger partial charge in [0.2, 0.25) is 0 Å². The molecular formula is C25H21N3O4. The maximum Gasteiger partial charge on any atom is 0.279 e. The van der Waals surface area contributed by atoms with Crippen molar-refractivity contribution in [2.24, 2.45) is 0 Å². The van der Waals surface area contributed by atoms with Gasteiger partial charge in [0, 0.05) is 23.3 Å². The number of amides is 1. The van der Waals surface area contributed by atoms with Crippen molar-refractivity contribution >= 4 is 16.8 Å². The number of benzene rings is 2. The van der Waals surface area contributed by atoms with Gasteiger partial charge in [-0.3, -0.25) is 15.0 Å². The minimum Gasteiger partial charge on any atom is -0.494 e. The van der Waals surface area contributed by atoms with E-state index in [-0.39, 0.29) is 17.4 Å². The molecule has 32 heavy (non-hydrogen) atoms. The predicted octanol–water partition coefficient (Wildman–Crippen LogP) is 3.55. The zero-order valence-electron chi connectivity index (χ0n) is 17.4. The summed E-state index contributed by atoms with van der Waals surface area (Å²) in [4.78, 5) is 21.2.